The van der Waals surface area contributed by atoms with Gasteiger partial charge in [-0.1, -0.05) is 0 Å². The fourth-order valence-electron chi connectivity index (χ4n) is 2.72. The molecular weight excluding hydrogens is 532 g/mol. The van der Waals surface area contributed by atoms with Gasteiger partial charge in [0.2, 0.25) is 0 Å². The van der Waals surface area contributed by atoms with E-state index in [0.29, 0.717) is 22.6 Å². The fraction of sp³-hybridized carbons (Fsp3) is 0.318. The Morgan fingerprint density at radius 2 is 1.33 bits per heavy atom. The Balaban J connectivity index is 2.58. The number of benzene rings is 2. The molecule has 0 fully saturated rings. The Kier molecular flexibility index (Phi) is 9.11. The van der Waals surface area contributed by atoms with Crippen molar-refractivity contribution in [2.75, 3.05) is 0 Å². The van der Waals surface area contributed by atoms with Crippen molar-refractivity contribution >= 4 is 39.9 Å². The van der Waals surface area contributed by atoms with Gasteiger partial charge in [-0.2, -0.15) is 0 Å². The molecule has 4 nitrogen and oxygen atoms in total. The van der Waals surface area contributed by atoms with Crippen molar-refractivity contribution < 1.29 is 31.4 Å². The number of ether oxygens (including phenoxy) is 2. The molecule has 0 heterocycles. The summed E-state index contributed by atoms with van der Waals surface area (Å²) in [6.07, 6.45) is 3.58. The Bertz CT molecular complexity index is 1060. The van der Waals surface area contributed by atoms with Crippen LogP contribution in [0.15, 0.2) is 52.3 Å². The second-order valence-corrected chi connectivity index (χ2v) is 14.7. The van der Waals surface area contributed by atoms with Crippen molar-refractivity contribution in [3.05, 3.63) is 53.6 Å². The third-order valence-electron chi connectivity index (χ3n) is 3.84. The monoisotopic (exact) mass is 558 g/mol. The summed E-state index contributed by atoms with van der Waals surface area (Å²) in [6.45, 7) is 9.51. The van der Waals surface area contributed by atoms with Crippen LogP contribution in [0, 0.1) is 0 Å². The van der Waals surface area contributed by atoms with Crippen molar-refractivity contribution in [1.82, 2.24) is 0 Å². The molecule has 2 aromatic carbocycles. The van der Waals surface area contributed by atoms with Crippen molar-refractivity contribution in [2.24, 2.45) is 0 Å². The molecule has 30 heavy (non-hydrogen) atoms. The summed E-state index contributed by atoms with van der Waals surface area (Å²) in [7, 11) is 8.33. The maximum absolute atomic E-state index is 13.3. The Hall–Kier alpha value is -1.20. The summed E-state index contributed by atoms with van der Waals surface area (Å²) in [5.41, 5.74) is 1.29. The molecule has 166 valence electrons. The Morgan fingerprint density at radius 1 is 0.867 bits per heavy atom. The molecule has 0 radical (unpaired) electrons. The van der Waals surface area contributed by atoms with Gasteiger partial charge >= 0.3 is 193 Å². The summed E-state index contributed by atoms with van der Waals surface area (Å²) in [4.78, 5) is 0.332. The first kappa shape index (κ1) is 25.1. The van der Waals surface area contributed by atoms with Gasteiger partial charge in [0.25, 0.3) is 0 Å². The van der Waals surface area contributed by atoms with Crippen LogP contribution in [-0.4, -0.2) is 25.2 Å². The first-order valence-electron chi connectivity index (χ1n) is 9.37. The van der Waals surface area contributed by atoms with E-state index in [9.17, 15) is 8.42 Å². The zero-order chi connectivity index (χ0) is 22.5. The van der Waals surface area contributed by atoms with Gasteiger partial charge in [0.1, 0.15) is 0 Å². The zero-order valence-corrected chi connectivity index (χ0v) is 21.6. The van der Waals surface area contributed by atoms with Crippen LogP contribution >= 0.6 is 19.4 Å². The average Bonchev–Trinajstić information content (AvgIpc) is 2.63. The Labute approximate surface area is 192 Å². The van der Waals surface area contributed by atoms with Crippen LogP contribution in [-0.2, 0) is 23.4 Å². The molecule has 0 bridgehead atoms. The first-order valence-corrected chi connectivity index (χ1v) is 16.3. The van der Waals surface area contributed by atoms with Crippen LogP contribution < -0.4 is 9.47 Å². The Morgan fingerprint density at radius 3 is 1.77 bits per heavy atom. The van der Waals surface area contributed by atoms with Crippen LogP contribution in [0.2, 0.25) is 0 Å². The van der Waals surface area contributed by atoms with E-state index in [1.807, 2.05) is 46.8 Å². The summed E-state index contributed by atoms with van der Waals surface area (Å²) >= 11 is -2.18. The van der Waals surface area contributed by atoms with E-state index >= 15 is 0 Å². The van der Waals surface area contributed by atoms with Gasteiger partial charge in [-0.3, -0.25) is 0 Å². The SMILES string of the molecule is C/C=C/c1cc(S(=O)(=O)c2ccc(OC(C)C)c([CH]=[Ru]([Cl])[Cl])c2)ccc1OC(C)C. The number of allylic oxidation sites excluding steroid dienone is 1. The van der Waals surface area contributed by atoms with Crippen LogP contribution in [0.1, 0.15) is 45.7 Å². The molecule has 0 unspecified atom stereocenters. The van der Waals surface area contributed by atoms with E-state index in [0.717, 1.165) is 0 Å². The summed E-state index contributed by atoms with van der Waals surface area (Å²) < 4.78 is 39.9. The van der Waals surface area contributed by atoms with Crippen molar-refractivity contribution in [3.63, 3.8) is 0 Å². The number of halogens is 2. The number of hydrogen-bond acceptors (Lipinski definition) is 4. The predicted molar refractivity (Wildman–Crippen MR) is 121 cm³/mol. The molecule has 0 aromatic heterocycles. The van der Waals surface area contributed by atoms with E-state index in [4.69, 9.17) is 28.9 Å². The molecule has 0 saturated carbocycles. The molecule has 0 spiro atoms. The minimum atomic E-state index is -3.76. The minimum absolute atomic E-state index is 0.0218. The third kappa shape index (κ3) is 6.65. The van der Waals surface area contributed by atoms with E-state index < -0.39 is 23.4 Å². The summed E-state index contributed by atoms with van der Waals surface area (Å²) in [6, 6.07) is 9.61. The first-order chi connectivity index (χ1) is 14.0. The fourth-order valence-corrected chi connectivity index (χ4v) is 5.83. The summed E-state index contributed by atoms with van der Waals surface area (Å²) in [5.74, 6) is 1.19. The number of hydrogen-bond donors (Lipinski definition) is 0. The molecule has 0 aliphatic heterocycles. The van der Waals surface area contributed by atoms with Gasteiger partial charge in [0, 0.05) is 0 Å². The van der Waals surface area contributed by atoms with Gasteiger partial charge in [-0.05, 0) is 0 Å². The van der Waals surface area contributed by atoms with Crippen LogP contribution in [0.5, 0.6) is 11.5 Å². The van der Waals surface area contributed by atoms with E-state index in [1.54, 1.807) is 34.9 Å². The predicted octanol–water partition coefficient (Wildman–Crippen LogP) is 6.20. The van der Waals surface area contributed by atoms with Crippen LogP contribution in [0.4, 0.5) is 0 Å². The van der Waals surface area contributed by atoms with Gasteiger partial charge in [-0.15, -0.1) is 0 Å². The van der Waals surface area contributed by atoms with Crippen molar-refractivity contribution in [1.29, 1.82) is 0 Å². The molecule has 2 rings (SSSR count). The zero-order valence-electron chi connectivity index (χ0n) is 17.5. The molecule has 8 heteroatoms. The van der Waals surface area contributed by atoms with E-state index in [1.165, 1.54) is 6.07 Å². The quantitative estimate of drug-likeness (QED) is 0.362. The average molecular weight is 558 g/mol. The standard InChI is InChI=1S/C22H26O4S.2ClH.Ru/c1-7-8-18-14-20(10-12-22(18)26-16(4)5)27(23,24)19-9-11-21(17(6)13-19)25-15(2)3;;;/h6-16H,1-5H3;2*1H;/q;;;+2/p-2/b8-7+;;;. The van der Waals surface area contributed by atoms with Crippen molar-refractivity contribution in [3.8, 4) is 11.5 Å². The molecule has 0 amide bonds. The molecule has 0 atom stereocenters. The third-order valence-corrected chi connectivity index (χ3v) is 7.42. The van der Waals surface area contributed by atoms with E-state index in [2.05, 4.69) is 0 Å². The second kappa shape index (κ2) is 10.9. The maximum atomic E-state index is 13.3. The molecule has 2 aromatic rings. The topological polar surface area (TPSA) is 52.6 Å². The van der Waals surface area contributed by atoms with Crippen molar-refractivity contribution in [2.45, 2.75) is 56.6 Å². The number of sulfone groups is 1. The molecule has 0 saturated heterocycles. The normalized spacial score (nSPS) is 12.5. The summed E-state index contributed by atoms with van der Waals surface area (Å²) in [5, 5.41) is 0. The van der Waals surface area contributed by atoms with Gasteiger partial charge in [0.15, 0.2) is 0 Å². The molecule has 0 aliphatic rings. The van der Waals surface area contributed by atoms with Gasteiger partial charge in [-0.25, -0.2) is 0 Å². The van der Waals surface area contributed by atoms with Gasteiger partial charge in [0.05, 0.1) is 0 Å². The van der Waals surface area contributed by atoms with Crippen LogP contribution in [0.25, 0.3) is 6.08 Å². The number of rotatable bonds is 8. The molecular formula is C22H26Cl2O4RuS. The second-order valence-electron chi connectivity index (χ2n) is 7.04. The molecule has 0 aliphatic carbocycles. The van der Waals surface area contributed by atoms with E-state index in [-0.39, 0.29) is 22.0 Å². The van der Waals surface area contributed by atoms with Crippen LogP contribution in [0.3, 0.4) is 0 Å². The molecule has 0 N–H and O–H groups in total. The van der Waals surface area contributed by atoms with Gasteiger partial charge < -0.3 is 0 Å².